The fraction of sp³-hybridized carbons (Fsp3) is 0.500. The fourth-order valence-electron chi connectivity index (χ4n) is 2.44. The van der Waals surface area contributed by atoms with Gasteiger partial charge in [-0.05, 0) is 30.4 Å². The highest BCUT2D eigenvalue weighted by molar-refractivity contribution is 5.27. The first-order valence-corrected chi connectivity index (χ1v) is 5.27. The van der Waals surface area contributed by atoms with Crippen LogP contribution < -0.4 is 0 Å². The SMILES string of the molecule is CCC1C(O)CC1c1c(F)cccc1F. The van der Waals surface area contributed by atoms with Crippen molar-refractivity contribution in [2.45, 2.75) is 31.8 Å². The molecular formula is C12H14F2O. The Kier molecular flexibility index (Phi) is 2.74. The van der Waals surface area contributed by atoms with E-state index in [1.54, 1.807) is 0 Å². The van der Waals surface area contributed by atoms with Gasteiger partial charge in [0.05, 0.1) is 6.10 Å². The Balaban J connectivity index is 2.31. The summed E-state index contributed by atoms with van der Waals surface area (Å²) in [4.78, 5) is 0. The van der Waals surface area contributed by atoms with Crippen molar-refractivity contribution in [1.82, 2.24) is 0 Å². The molecule has 1 aliphatic carbocycles. The second-order valence-corrected chi connectivity index (χ2v) is 4.12. The number of aliphatic hydroxyl groups excluding tert-OH is 1. The average molecular weight is 212 g/mol. The minimum atomic E-state index is -0.495. The molecule has 0 aliphatic heterocycles. The molecule has 1 fully saturated rings. The van der Waals surface area contributed by atoms with Gasteiger partial charge in [-0.1, -0.05) is 19.4 Å². The van der Waals surface area contributed by atoms with Gasteiger partial charge in [-0.25, -0.2) is 8.78 Å². The van der Waals surface area contributed by atoms with Crippen molar-refractivity contribution in [3.8, 4) is 0 Å². The minimum Gasteiger partial charge on any atom is -0.393 e. The number of halogens is 2. The zero-order valence-electron chi connectivity index (χ0n) is 8.58. The van der Waals surface area contributed by atoms with E-state index >= 15 is 0 Å². The summed E-state index contributed by atoms with van der Waals surface area (Å²) in [5, 5.41) is 9.48. The van der Waals surface area contributed by atoms with E-state index in [1.165, 1.54) is 18.2 Å². The summed E-state index contributed by atoms with van der Waals surface area (Å²) in [6, 6.07) is 3.91. The Morgan fingerprint density at radius 1 is 1.33 bits per heavy atom. The van der Waals surface area contributed by atoms with Gasteiger partial charge in [-0.2, -0.15) is 0 Å². The van der Waals surface area contributed by atoms with Gasteiger partial charge in [0.15, 0.2) is 0 Å². The first kappa shape index (κ1) is 10.6. The average Bonchev–Trinajstić information content (AvgIpc) is 2.16. The summed E-state index contributed by atoms with van der Waals surface area (Å²) in [6.07, 6.45) is 0.815. The van der Waals surface area contributed by atoms with Crippen molar-refractivity contribution in [3.63, 3.8) is 0 Å². The molecule has 1 saturated carbocycles. The molecule has 0 spiro atoms. The monoisotopic (exact) mass is 212 g/mol. The van der Waals surface area contributed by atoms with Crippen LogP contribution in [0.2, 0.25) is 0 Å². The van der Waals surface area contributed by atoms with Crippen LogP contribution in [0, 0.1) is 17.6 Å². The Bertz CT molecular complexity index is 344. The fourth-order valence-corrected chi connectivity index (χ4v) is 2.44. The van der Waals surface area contributed by atoms with Crippen LogP contribution in [0.3, 0.4) is 0 Å². The van der Waals surface area contributed by atoms with E-state index in [1.807, 2.05) is 6.92 Å². The second kappa shape index (κ2) is 3.89. The lowest BCUT2D eigenvalue weighted by Gasteiger charge is -2.41. The Morgan fingerprint density at radius 3 is 2.40 bits per heavy atom. The van der Waals surface area contributed by atoms with E-state index in [9.17, 15) is 13.9 Å². The molecule has 0 amide bonds. The van der Waals surface area contributed by atoms with Gasteiger partial charge in [0.1, 0.15) is 11.6 Å². The number of benzene rings is 1. The van der Waals surface area contributed by atoms with Gasteiger partial charge in [0.25, 0.3) is 0 Å². The van der Waals surface area contributed by atoms with Crippen LogP contribution in [-0.2, 0) is 0 Å². The minimum absolute atomic E-state index is 0.00333. The highest BCUT2D eigenvalue weighted by atomic mass is 19.1. The van der Waals surface area contributed by atoms with Crippen LogP contribution >= 0.6 is 0 Å². The number of hydrogen-bond donors (Lipinski definition) is 1. The standard InChI is InChI=1S/C12H14F2O/c1-2-7-8(6-11(7)15)12-9(13)4-3-5-10(12)14/h3-5,7-8,11,15H,2,6H2,1H3. The summed E-state index contributed by atoms with van der Waals surface area (Å²) in [5.41, 5.74) is 0.148. The Labute approximate surface area is 87.7 Å². The van der Waals surface area contributed by atoms with Crippen LogP contribution in [-0.4, -0.2) is 11.2 Å². The van der Waals surface area contributed by atoms with Crippen LogP contribution in [0.25, 0.3) is 0 Å². The van der Waals surface area contributed by atoms with Crippen LogP contribution in [0.4, 0.5) is 8.78 Å². The lowest BCUT2D eigenvalue weighted by Crippen LogP contribution is -2.39. The number of hydrogen-bond acceptors (Lipinski definition) is 1. The third-order valence-corrected chi connectivity index (χ3v) is 3.35. The topological polar surface area (TPSA) is 20.2 Å². The van der Waals surface area contributed by atoms with E-state index in [0.717, 1.165) is 6.42 Å². The molecule has 0 bridgehead atoms. The first-order chi connectivity index (χ1) is 7.15. The molecule has 1 nitrogen and oxygen atoms in total. The number of rotatable bonds is 2. The quantitative estimate of drug-likeness (QED) is 0.799. The van der Waals surface area contributed by atoms with E-state index in [4.69, 9.17) is 0 Å². The summed E-state index contributed by atoms with van der Waals surface area (Å²) < 4.78 is 26.9. The molecular weight excluding hydrogens is 198 g/mol. The molecule has 0 saturated heterocycles. The van der Waals surface area contributed by atoms with Crippen molar-refractivity contribution < 1.29 is 13.9 Å². The Hall–Kier alpha value is -0.960. The van der Waals surface area contributed by atoms with Crippen LogP contribution in [0.1, 0.15) is 31.2 Å². The van der Waals surface area contributed by atoms with Crippen molar-refractivity contribution in [2.75, 3.05) is 0 Å². The molecule has 82 valence electrons. The van der Waals surface area contributed by atoms with Crippen LogP contribution in [0.15, 0.2) is 18.2 Å². The van der Waals surface area contributed by atoms with Gasteiger partial charge in [0, 0.05) is 5.56 Å². The predicted molar refractivity (Wildman–Crippen MR) is 53.5 cm³/mol. The third-order valence-electron chi connectivity index (χ3n) is 3.35. The largest absolute Gasteiger partial charge is 0.393 e. The molecule has 1 N–H and O–H groups in total. The van der Waals surface area contributed by atoms with Crippen molar-refractivity contribution >= 4 is 0 Å². The summed E-state index contributed by atoms with van der Waals surface area (Å²) in [7, 11) is 0. The molecule has 1 aliphatic rings. The van der Waals surface area contributed by atoms with Crippen molar-refractivity contribution in [1.29, 1.82) is 0 Å². The lowest BCUT2D eigenvalue weighted by molar-refractivity contribution is -0.00300. The van der Waals surface area contributed by atoms with Gasteiger partial charge >= 0.3 is 0 Å². The molecule has 3 atom stereocenters. The Morgan fingerprint density at radius 2 is 1.93 bits per heavy atom. The van der Waals surface area contributed by atoms with E-state index in [-0.39, 0.29) is 17.4 Å². The molecule has 0 heterocycles. The molecule has 3 unspecified atom stereocenters. The predicted octanol–water partition coefficient (Wildman–Crippen LogP) is 2.84. The van der Waals surface area contributed by atoms with Gasteiger partial charge < -0.3 is 5.11 Å². The lowest BCUT2D eigenvalue weighted by atomic mass is 9.66. The third kappa shape index (κ3) is 1.65. The maximum absolute atomic E-state index is 13.4. The smallest absolute Gasteiger partial charge is 0.129 e. The van der Waals surface area contributed by atoms with E-state index < -0.39 is 17.7 Å². The van der Waals surface area contributed by atoms with Gasteiger partial charge in [-0.3, -0.25) is 0 Å². The molecule has 1 aromatic rings. The number of aliphatic hydroxyl groups is 1. The van der Waals surface area contributed by atoms with Crippen molar-refractivity contribution in [2.24, 2.45) is 5.92 Å². The zero-order valence-corrected chi connectivity index (χ0v) is 8.58. The van der Waals surface area contributed by atoms with E-state index in [2.05, 4.69) is 0 Å². The molecule has 3 heteroatoms. The summed E-state index contributed by atoms with van der Waals surface area (Å²) in [6.45, 7) is 1.93. The zero-order chi connectivity index (χ0) is 11.0. The van der Waals surface area contributed by atoms with Crippen LogP contribution in [0.5, 0.6) is 0 Å². The summed E-state index contributed by atoms with van der Waals surface area (Å²) >= 11 is 0. The molecule has 15 heavy (non-hydrogen) atoms. The maximum Gasteiger partial charge on any atom is 0.129 e. The van der Waals surface area contributed by atoms with E-state index in [0.29, 0.717) is 6.42 Å². The molecule has 0 radical (unpaired) electrons. The second-order valence-electron chi connectivity index (χ2n) is 4.12. The highest BCUT2D eigenvalue weighted by Crippen LogP contribution is 2.46. The summed E-state index contributed by atoms with van der Waals surface area (Å²) in [5.74, 6) is -1.15. The first-order valence-electron chi connectivity index (χ1n) is 5.27. The maximum atomic E-state index is 13.4. The molecule has 1 aromatic carbocycles. The van der Waals surface area contributed by atoms with Gasteiger partial charge in [-0.15, -0.1) is 0 Å². The molecule has 2 rings (SSSR count). The molecule has 0 aromatic heterocycles. The van der Waals surface area contributed by atoms with Crippen molar-refractivity contribution in [3.05, 3.63) is 35.4 Å². The van der Waals surface area contributed by atoms with Gasteiger partial charge in [0.2, 0.25) is 0 Å². The highest BCUT2D eigenvalue weighted by Gasteiger charge is 2.41. The normalized spacial score (nSPS) is 30.0.